The van der Waals surface area contributed by atoms with Crippen molar-refractivity contribution < 1.29 is 9.84 Å². The average Bonchev–Trinajstić information content (AvgIpc) is 2.26. The maximum Gasteiger partial charge on any atom is 0.109 e. The molecule has 3 atom stereocenters. The van der Waals surface area contributed by atoms with Gasteiger partial charge in [-0.15, -0.1) is 0 Å². The maximum atomic E-state index is 11.2. The van der Waals surface area contributed by atoms with Gasteiger partial charge in [0.05, 0.1) is 18.3 Å². The molecule has 0 spiro atoms. The largest absolute Gasteiger partial charge is 0.388 e. The molecule has 2 aliphatic rings. The second kappa shape index (κ2) is 4.51. The van der Waals surface area contributed by atoms with Crippen LogP contribution in [0.15, 0.2) is 0 Å². The molecule has 0 aromatic heterocycles. The van der Waals surface area contributed by atoms with Crippen molar-refractivity contribution in [1.29, 1.82) is 5.26 Å². The van der Waals surface area contributed by atoms with Gasteiger partial charge in [0.1, 0.15) is 5.41 Å². The Morgan fingerprint density at radius 2 is 2.06 bits per heavy atom. The van der Waals surface area contributed by atoms with E-state index in [0.717, 1.165) is 32.3 Å². The lowest BCUT2D eigenvalue weighted by Crippen LogP contribution is -2.57. The summed E-state index contributed by atoms with van der Waals surface area (Å²) in [6.07, 6.45) is 4.21. The zero-order valence-corrected chi connectivity index (χ0v) is 11.8. The smallest absolute Gasteiger partial charge is 0.109 e. The fraction of sp³-hybridized carbons (Fsp3) is 0.933. The first-order chi connectivity index (χ1) is 8.33. The van der Waals surface area contributed by atoms with Gasteiger partial charge in [-0.2, -0.15) is 5.26 Å². The maximum absolute atomic E-state index is 11.2. The van der Waals surface area contributed by atoms with Crippen LogP contribution in [0.2, 0.25) is 0 Å². The van der Waals surface area contributed by atoms with Crippen LogP contribution < -0.4 is 0 Å². The van der Waals surface area contributed by atoms with Gasteiger partial charge in [0.2, 0.25) is 0 Å². The normalized spacial score (nSPS) is 44.3. The van der Waals surface area contributed by atoms with Crippen LogP contribution >= 0.6 is 0 Å². The third-order valence-corrected chi connectivity index (χ3v) is 4.70. The molecule has 1 aliphatic carbocycles. The number of nitriles is 1. The van der Waals surface area contributed by atoms with E-state index in [2.05, 4.69) is 26.8 Å². The van der Waals surface area contributed by atoms with E-state index < -0.39 is 11.0 Å². The van der Waals surface area contributed by atoms with E-state index >= 15 is 0 Å². The molecule has 1 aliphatic heterocycles. The molecule has 1 saturated heterocycles. The number of hydrogen-bond donors (Lipinski definition) is 1. The summed E-state index contributed by atoms with van der Waals surface area (Å²) in [6, 6.07) is 2.41. The van der Waals surface area contributed by atoms with E-state index in [9.17, 15) is 10.4 Å². The molecule has 2 fully saturated rings. The second-order valence-electron chi connectivity index (χ2n) is 7.24. The average molecular weight is 251 g/mol. The van der Waals surface area contributed by atoms with Crippen molar-refractivity contribution in [1.82, 2.24) is 0 Å². The highest BCUT2D eigenvalue weighted by atomic mass is 16.5. The van der Waals surface area contributed by atoms with Crippen LogP contribution in [0, 0.1) is 28.1 Å². The predicted octanol–water partition coefficient (Wildman–Crippen LogP) is 2.88. The number of nitrogens with zero attached hydrogens (tertiary/aromatic N) is 1. The Morgan fingerprint density at radius 3 is 2.56 bits per heavy atom. The molecule has 1 N–H and O–H groups in total. The van der Waals surface area contributed by atoms with Gasteiger partial charge in [0, 0.05) is 6.61 Å². The molecule has 0 radical (unpaired) electrons. The minimum atomic E-state index is -0.886. The number of hydrogen-bond acceptors (Lipinski definition) is 3. The minimum absolute atomic E-state index is 0.105. The molecule has 0 bridgehead atoms. The first-order valence-electron chi connectivity index (χ1n) is 7.04. The summed E-state index contributed by atoms with van der Waals surface area (Å²) in [4.78, 5) is 0. The molecule has 3 nitrogen and oxygen atoms in total. The topological polar surface area (TPSA) is 53.2 Å². The summed E-state index contributed by atoms with van der Waals surface area (Å²) >= 11 is 0. The van der Waals surface area contributed by atoms with Crippen LogP contribution in [0.5, 0.6) is 0 Å². The van der Waals surface area contributed by atoms with Gasteiger partial charge in [-0.05, 0) is 43.4 Å². The lowest BCUT2D eigenvalue weighted by molar-refractivity contribution is -0.163. The molecule has 1 heterocycles. The van der Waals surface area contributed by atoms with Crippen LogP contribution in [0.25, 0.3) is 0 Å². The van der Waals surface area contributed by atoms with Crippen molar-refractivity contribution in [2.24, 2.45) is 16.7 Å². The zero-order chi connectivity index (χ0) is 13.4. The molecule has 0 aromatic carbocycles. The first-order valence-corrected chi connectivity index (χ1v) is 7.04. The molecular weight excluding hydrogens is 226 g/mol. The number of rotatable bonds is 1. The minimum Gasteiger partial charge on any atom is -0.388 e. The molecule has 3 unspecified atom stereocenters. The summed E-state index contributed by atoms with van der Waals surface area (Å²) in [5.41, 5.74) is -1.48. The molecular formula is C15H25NO2. The third-order valence-electron chi connectivity index (χ3n) is 4.70. The molecule has 3 heteroatoms. The monoisotopic (exact) mass is 251 g/mol. The van der Waals surface area contributed by atoms with Crippen molar-refractivity contribution in [2.75, 3.05) is 13.2 Å². The molecule has 1 saturated carbocycles. The fourth-order valence-electron chi connectivity index (χ4n) is 4.25. The van der Waals surface area contributed by atoms with Crippen molar-refractivity contribution in [3.63, 3.8) is 0 Å². The van der Waals surface area contributed by atoms with Gasteiger partial charge in [-0.1, -0.05) is 20.8 Å². The van der Waals surface area contributed by atoms with Crippen LogP contribution in [0.3, 0.4) is 0 Å². The molecule has 0 amide bonds. The Kier molecular flexibility index (Phi) is 3.46. The van der Waals surface area contributed by atoms with E-state index in [1.807, 2.05) is 0 Å². The molecule has 2 rings (SSSR count). The van der Waals surface area contributed by atoms with Gasteiger partial charge in [0.15, 0.2) is 0 Å². The highest BCUT2D eigenvalue weighted by molar-refractivity contribution is 5.15. The molecule has 18 heavy (non-hydrogen) atoms. The van der Waals surface area contributed by atoms with E-state index in [4.69, 9.17) is 4.74 Å². The molecule has 102 valence electrons. The van der Waals surface area contributed by atoms with Gasteiger partial charge < -0.3 is 9.84 Å². The zero-order valence-electron chi connectivity index (χ0n) is 11.8. The summed E-state index contributed by atoms with van der Waals surface area (Å²) < 4.78 is 5.52. The highest BCUT2D eigenvalue weighted by Gasteiger charge is 2.56. The summed E-state index contributed by atoms with van der Waals surface area (Å²) in [5.74, 6) is 0.464. The van der Waals surface area contributed by atoms with Crippen molar-refractivity contribution in [3.8, 4) is 6.07 Å². The van der Waals surface area contributed by atoms with Crippen molar-refractivity contribution in [3.05, 3.63) is 0 Å². The Balaban J connectivity index is 2.30. The van der Waals surface area contributed by atoms with E-state index in [-0.39, 0.29) is 5.41 Å². The first kappa shape index (κ1) is 13.8. The standard InChI is InChI=1S/C15H25NO2/c1-12-7-13(2,3)9-15(17,8-12)14(10-16)5-4-6-18-11-14/h12,17H,4-9,11H2,1-3H3. The summed E-state index contributed by atoms with van der Waals surface area (Å²) in [6.45, 7) is 7.69. The van der Waals surface area contributed by atoms with Crippen LogP contribution in [-0.4, -0.2) is 23.9 Å². The van der Waals surface area contributed by atoms with Crippen LogP contribution in [0.4, 0.5) is 0 Å². The SMILES string of the molecule is CC1CC(C)(C)CC(O)(C2(C#N)CCCOC2)C1. The Morgan fingerprint density at radius 1 is 1.33 bits per heavy atom. The number of ether oxygens (including phenoxy) is 1. The van der Waals surface area contributed by atoms with E-state index in [1.54, 1.807) is 0 Å². The highest BCUT2D eigenvalue weighted by Crippen LogP contribution is 2.53. The van der Waals surface area contributed by atoms with E-state index in [0.29, 0.717) is 18.9 Å². The fourth-order valence-corrected chi connectivity index (χ4v) is 4.25. The quantitative estimate of drug-likeness (QED) is 0.779. The van der Waals surface area contributed by atoms with E-state index in [1.165, 1.54) is 0 Å². The Labute approximate surface area is 110 Å². The van der Waals surface area contributed by atoms with Gasteiger partial charge in [-0.25, -0.2) is 0 Å². The summed E-state index contributed by atoms with van der Waals surface area (Å²) in [5, 5.41) is 20.8. The van der Waals surface area contributed by atoms with Crippen molar-refractivity contribution >= 4 is 0 Å². The lowest BCUT2D eigenvalue weighted by atomic mass is 9.56. The predicted molar refractivity (Wildman–Crippen MR) is 69.8 cm³/mol. The van der Waals surface area contributed by atoms with Gasteiger partial charge in [-0.3, -0.25) is 0 Å². The Hall–Kier alpha value is -0.590. The Bertz CT molecular complexity index is 352. The summed E-state index contributed by atoms with van der Waals surface area (Å²) in [7, 11) is 0. The van der Waals surface area contributed by atoms with Crippen LogP contribution in [0.1, 0.15) is 52.9 Å². The molecule has 0 aromatic rings. The van der Waals surface area contributed by atoms with Gasteiger partial charge >= 0.3 is 0 Å². The van der Waals surface area contributed by atoms with Gasteiger partial charge in [0.25, 0.3) is 0 Å². The van der Waals surface area contributed by atoms with Crippen molar-refractivity contribution in [2.45, 2.75) is 58.5 Å². The second-order valence-corrected chi connectivity index (χ2v) is 7.24. The van der Waals surface area contributed by atoms with Crippen LogP contribution in [-0.2, 0) is 4.74 Å². The number of aliphatic hydroxyl groups is 1. The third kappa shape index (κ3) is 2.29. The lowest BCUT2D eigenvalue weighted by Gasteiger charge is -2.52.